The van der Waals surface area contributed by atoms with Crippen molar-refractivity contribution in [3.05, 3.63) is 47.4 Å². The lowest BCUT2D eigenvalue weighted by Gasteiger charge is -2.35. The van der Waals surface area contributed by atoms with E-state index in [1.807, 2.05) is 9.30 Å². The second-order valence-electron chi connectivity index (χ2n) is 7.31. The molecule has 152 valence electrons. The van der Waals surface area contributed by atoms with Crippen molar-refractivity contribution in [1.29, 1.82) is 0 Å². The van der Waals surface area contributed by atoms with Crippen LogP contribution in [0.4, 0.5) is 5.82 Å². The Kier molecular flexibility index (Phi) is 5.53. The Balaban J connectivity index is 1.37. The Morgan fingerprint density at radius 2 is 1.90 bits per heavy atom. The van der Waals surface area contributed by atoms with E-state index in [2.05, 4.69) is 40.0 Å². The molecule has 29 heavy (non-hydrogen) atoms. The average Bonchev–Trinajstić information content (AvgIpc) is 3.21. The summed E-state index contributed by atoms with van der Waals surface area (Å²) in [6.07, 6.45) is 1.69. The molecule has 3 aromatic rings. The summed E-state index contributed by atoms with van der Waals surface area (Å²) >= 11 is 5.86. The molecule has 0 bridgehead atoms. The summed E-state index contributed by atoms with van der Waals surface area (Å²) in [7, 11) is 0. The van der Waals surface area contributed by atoms with Crippen molar-refractivity contribution in [2.45, 2.75) is 19.8 Å². The maximum absolute atomic E-state index is 12.5. The number of halogens is 1. The largest absolute Gasteiger partial charge is 0.484 e. The number of amides is 1. The zero-order chi connectivity index (χ0) is 20.4. The number of rotatable bonds is 5. The van der Waals surface area contributed by atoms with E-state index in [0.717, 1.165) is 11.5 Å². The fourth-order valence-corrected chi connectivity index (χ4v) is 3.51. The minimum atomic E-state index is -0.0247. The zero-order valence-corrected chi connectivity index (χ0v) is 17.2. The van der Waals surface area contributed by atoms with Crippen LogP contribution in [-0.2, 0) is 4.79 Å². The number of fused-ring (bicyclic) bond motifs is 1. The monoisotopic (exact) mass is 414 g/mol. The fraction of sp³-hybridized carbons (Fsp3) is 0.400. The molecule has 0 atom stereocenters. The van der Waals surface area contributed by atoms with Gasteiger partial charge in [-0.05, 0) is 30.2 Å². The number of carbonyl (C=O) groups excluding carboxylic acids is 1. The predicted octanol–water partition coefficient (Wildman–Crippen LogP) is 2.63. The van der Waals surface area contributed by atoms with Gasteiger partial charge in [-0.3, -0.25) is 9.20 Å². The van der Waals surface area contributed by atoms with Crippen LogP contribution in [0.2, 0.25) is 5.02 Å². The molecule has 0 N–H and O–H groups in total. The molecule has 0 unspecified atom stereocenters. The van der Waals surface area contributed by atoms with Gasteiger partial charge in [0.25, 0.3) is 11.7 Å². The van der Waals surface area contributed by atoms with Crippen molar-refractivity contribution < 1.29 is 9.53 Å². The fourth-order valence-electron chi connectivity index (χ4n) is 3.38. The van der Waals surface area contributed by atoms with Gasteiger partial charge in [0.1, 0.15) is 17.9 Å². The van der Waals surface area contributed by atoms with Gasteiger partial charge < -0.3 is 14.5 Å². The van der Waals surface area contributed by atoms with Crippen LogP contribution in [0, 0.1) is 0 Å². The Labute approximate surface area is 174 Å². The molecule has 3 heterocycles. The molecule has 4 rings (SSSR count). The van der Waals surface area contributed by atoms with E-state index in [0.29, 0.717) is 48.6 Å². The normalized spacial score (nSPS) is 14.6. The quantitative estimate of drug-likeness (QED) is 0.638. The Hall–Kier alpha value is -2.87. The van der Waals surface area contributed by atoms with Crippen LogP contribution in [0.5, 0.6) is 5.75 Å². The van der Waals surface area contributed by atoms with Crippen LogP contribution in [0.1, 0.15) is 25.5 Å². The summed E-state index contributed by atoms with van der Waals surface area (Å²) in [5, 5.41) is 8.72. The molecule has 1 fully saturated rings. The zero-order valence-electron chi connectivity index (χ0n) is 16.5. The molecule has 9 heteroatoms. The van der Waals surface area contributed by atoms with E-state index in [1.54, 1.807) is 30.6 Å². The maximum atomic E-state index is 12.5. The van der Waals surface area contributed by atoms with Gasteiger partial charge in [-0.2, -0.15) is 4.98 Å². The maximum Gasteiger partial charge on any atom is 0.260 e. The number of anilines is 1. The lowest BCUT2D eigenvalue weighted by molar-refractivity contribution is -0.133. The summed E-state index contributed by atoms with van der Waals surface area (Å²) in [4.78, 5) is 21.1. The topological polar surface area (TPSA) is 75.9 Å². The highest BCUT2D eigenvalue weighted by Gasteiger charge is 2.23. The summed E-state index contributed by atoms with van der Waals surface area (Å²) < 4.78 is 7.49. The molecule has 1 aromatic carbocycles. The van der Waals surface area contributed by atoms with Gasteiger partial charge in [0.05, 0.1) is 0 Å². The average molecular weight is 415 g/mol. The number of piperazine rings is 1. The third-order valence-electron chi connectivity index (χ3n) is 5.02. The molecule has 2 aromatic heterocycles. The van der Waals surface area contributed by atoms with E-state index in [1.165, 1.54) is 0 Å². The van der Waals surface area contributed by atoms with Crippen LogP contribution in [0.25, 0.3) is 5.78 Å². The second kappa shape index (κ2) is 8.24. The molecule has 0 spiro atoms. The molecule has 0 aliphatic carbocycles. The highest BCUT2D eigenvalue weighted by molar-refractivity contribution is 6.30. The van der Waals surface area contributed by atoms with Gasteiger partial charge >= 0.3 is 0 Å². The van der Waals surface area contributed by atoms with Crippen LogP contribution in [0.3, 0.4) is 0 Å². The first-order valence-electron chi connectivity index (χ1n) is 9.63. The van der Waals surface area contributed by atoms with Crippen LogP contribution >= 0.6 is 11.6 Å². The van der Waals surface area contributed by atoms with E-state index >= 15 is 0 Å². The molecule has 0 saturated carbocycles. The van der Waals surface area contributed by atoms with Gasteiger partial charge in [0.2, 0.25) is 0 Å². The summed E-state index contributed by atoms with van der Waals surface area (Å²) in [6.45, 7) is 6.95. The number of hydrogen-bond donors (Lipinski definition) is 0. The van der Waals surface area contributed by atoms with E-state index in [9.17, 15) is 4.79 Å². The lowest BCUT2D eigenvalue weighted by atomic mass is 10.1. The highest BCUT2D eigenvalue weighted by Crippen LogP contribution is 2.22. The van der Waals surface area contributed by atoms with Crippen molar-refractivity contribution in [3.8, 4) is 5.75 Å². The number of benzene rings is 1. The van der Waals surface area contributed by atoms with Gasteiger partial charge in [-0.15, -0.1) is 10.2 Å². The molecule has 1 aliphatic rings. The minimum absolute atomic E-state index is 0.0169. The van der Waals surface area contributed by atoms with Gasteiger partial charge in [0.15, 0.2) is 6.61 Å². The molecule has 8 nitrogen and oxygen atoms in total. The van der Waals surface area contributed by atoms with E-state index < -0.39 is 0 Å². The minimum Gasteiger partial charge on any atom is -0.484 e. The number of ether oxygens (including phenoxy) is 1. The van der Waals surface area contributed by atoms with E-state index in [-0.39, 0.29) is 12.5 Å². The third-order valence-corrected chi connectivity index (χ3v) is 5.28. The molecular formula is C20H23ClN6O2. The standard InChI is InChI=1S/C20H23ClN6O2/c1-14(2)17-11-18(23-20-24-22-13-27(17)20)25-7-9-26(10-8-25)19(28)12-29-16-5-3-15(21)4-6-16/h3-6,11,13-14H,7-10,12H2,1-2H3. The molecule has 1 amide bonds. The van der Waals surface area contributed by atoms with Crippen LogP contribution < -0.4 is 9.64 Å². The lowest BCUT2D eigenvalue weighted by Crippen LogP contribution is -2.50. The third kappa shape index (κ3) is 4.27. The summed E-state index contributed by atoms with van der Waals surface area (Å²) in [6, 6.07) is 9.08. The number of hydrogen-bond acceptors (Lipinski definition) is 6. The number of carbonyl (C=O) groups is 1. The van der Waals surface area contributed by atoms with Crippen molar-refractivity contribution in [3.63, 3.8) is 0 Å². The van der Waals surface area contributed by atoms with Crippen LogP contribution in [-0.4, -0.2) is 63.2 Å². The van der Waals surface area contributed by atoms with Gasteiger partial charge in [-0.1, -0.05) is 25.4 Å². The molecule has 0 radical (unpaired) electrons. The number of nitrogens with zero attached hydrogens (tertiary/aromatic N) is 6. The first-order valence-corrected chi connectivity index (χ1v) is 10.0. The SMILES string of the molecule is CC(C)c1cc(N2CCN(C(=O)COc3ccc(Cl)cc3)CC2)nc2nncn12. The van der Waals surface area contributed by atoms with Crippen molar-refractivity contribution >= 4 is 29.1 Å². The van der Waals surface area contributed by atoms with Crippen molar-refractivity contribution in [2.75, 3.05) is 37.7 Å². The Morgan fingerprint density at radius 3 is 2.59 bits per heavy atom. The first-order chi connectivity index (χ1) is 14.0. The van der Waals surface area contributed by atoms with Gasteiger partial charge in [0, 0.05) is 43.0 Å². The molecular weight excluding hydrogens is 392 g/mol. The first kappa shape index (κ1) is 19.4. The molecule has 1 saturated heterocycles. The number of aromatic nitrogens is 4. The van der Waals surface area contributed by atoms with Gasteiger partial charge in [-0.25, -0.2) is 0 Å². The Bertz CT molecular complexity index is 996. The predicted molar refractivity (Wildman–Crippen MR) is 111 cm³/mol. The van der Waals surface area contributed by atoms with Crippen LogP contribution in [0.15, 0.2) is 36.7 Å². The summed E-state index contributed by atoms with van der Waals surface area (Å²) in [5.41, 5.74) is 1.12. The highest BCUT2D eigenvalue weighted by atomic mass is 35.5. The smallest absolute Gasteiger partial charge is 0.260 e. The van der Waals surface area contributed by atoms with E-state index in [4.69, 9.17) is 16.3 Å². The molecule has 1 aliphatic heterocycles. The van der Waals surface area contributed by atoms with Crippen molar-refractivity contribution in [1.82, 2.24) is 24.5 Å². The second-order valence-corrected chi connectivity index (χ2v) is 7.74. The van der Waals surface area contributed by atoms with Crippen molar-refractivity contribution in [2.24, 2.45) is 0 Å². The Morgan fingerprint density at radius 1 is 1.17 bits per heavy atom. The summed E-state index contributed by atoms with van der Waals surface area (Å²) in [5.74, 6) is 2.40.